The van der Waals surface area contributed by atoms with Crippen molar-refractivity contribution in [3.05, 3.63) is 0 Å². The van der Waals surface area contributed by atoms with Gasteiger partial charge in [-0.2, -0.15) is 4.39 Å². The summed E-state index contributed by atoms with van der Waals surface area (Å²) in [6.45, 7) is 5.45. The molecular weight excluding hydrogens is 119 g/mol. The van der Waals surface area contributed by atoms with Gasteiger partial charge in [0.2, 0.25) is 0 Å². The van der Waals surface area contributed by atoms with Gasteiger partial charge in [0.05, 0.1) is 0 Å². The van der Waals surface area contributed by atoms with E-state index < -0.39 is 12.0 Å². The molecule has 54 valence electrons. The molecule has 0 aliphatic rings. The molecule has 1 nitrogen and oxygen atoms in total. The second-order valence-electron chi connectivity index (χ2n) is 2.48. The van der Waals surface area contributed by atoms with E-state index in [4.69, 9.17) is 0 Å². The van der Waals surface area contributed by atoms with E-state index in [1.807, 2.05) is 13.8 Å². The van der Waals surface area contributed by atoms with E-state index in [1.54, 1.807) is 6.92 Å². The molecule has 0 rings (SSSR count). The van der Waals surface area contributed by atoms with Gasteiger partial charge in [-0.25, -0.2) is 0 Å². The number of hydrogen-bond donors (Lipinski definition) is 0. The highest BCUT2D eigenvalue weighted by atomic mass is 19.1. The lowest BCUT2D eigenvalue weighted by Gasteiger charge is -2.11. The lowest BCUT2D eigenvalue weighted by Crippen LogP contribution is -2.13. The van der Waals surface area contributed by atoms with Crippen LogP contribution in [-0.2, 0) is 4.79 Å². The minimum Gasteiger partial charge on any atom is -0.261 e. The maximum Gasteiger partial charge on any atom is 0.304 e. The molecular formula is C7H13FO. The summed E-state index contributed by atoms with van der Waals surface area (Å²) in [4.78, 5) is 10.1. The average molecular weight is 132 g/mol. The molecule has 0 amide bonds. The molecule has 0 radical (unpaired) electrons. The van der Waals surface area contributed by atoms with Gasteiger partial charge in [0.15, 0.2) is 0 Å². The quantitative estimate of drug-likeness (QED) is 0.538. The third-order valence-corrected chi connectivity index (χ3v) is 1.86. The van der Waals surface area contributed by atoms with E-state index in [0.717, 1.165) is 6.42 Å². The van der Waals surface area contributed by atoms with Crippen LogP contribution in [0.3, 0.4) is 0 Å². The van der Waals surface area contributed by atoms with Crippen LogP contribution in [0.4, 0.5) is 4.39 Å². The smallest absolute Gasteiger partial charge is 0.261 e. The van der Waals surface area contributed by atoms with Crippen LogP contribution in [0, 0.1) is 11.8 Å². The first kappa shape index (κ1) is 8.60. The fourth-order valence-electron chi connectivity index (χ4n) is 0.577. The SMILES string of the molecule is CC[C@H](C)[C@H](C)C(=O)F. The van der Waals surface area contributed by atoms with Gasteiger partial charge in [0.1, 0.15) is 0 Å². The number of halogens is 1. The van der Waals surface area contributed by atoms with E-state index in [1.165, 1.54) is 0 Å². The molecule has 2 heteroatoms. The molecule has 0 aromatic rings. The zero-order valence-electron chi connectivity index (χ0n) is 6.15. The molecule has 0 aromatic carbocycles. The molecule has 0 aliphatic carbocycles. The van der Waals surface area contributed by atoms with Gasteiger partial charge in [0.25, 0.3) is 0 Å². The molecule has 0 fully saturated rings. The van der Waals surface area contributed by atoms with Crippen LogP contribution < -0.4 is 0 Å². The Labute approximate surface area is 55.3 Å². The molecule has 2 atom stereocenters. The Hall–Kier alpha value is -0.400. The average Bonchev–Trinajstić information content (AvgIpc) is 1.84. The van der Waals surface area contributed by atoms with Gasteiger partial charge in [-0.1, -0.05) is 27.2 Å². The minimum absolute atomic E-state index is 0.169. The lowest BCUT2D eigenvalue weighted by atomic mass is 9.94. The summed E-state index contributed by atoms with van der Waals surface area (Å²) in [5, 5.41) is 0. The van der Waals surface area contributed by atoms with Gasteiger partial charge in [-0.3, -0.25) is 4.79 Å². The Kier molecular flexibility index (Phi) is 3.43. The van der Waals surface area contributed by atoms with E-state index in [-0.39, 0.29) is 5.92 Å². The van der Waals surface area contributed by atoms with Crippen molar-refractivity contribution in [2.75, 3.05) is 0 Å². The third-order valence-electron chi connectivity index (χ3n) is 1.86. The fourth-order valence-corrected chi connectivity index (χ4v) is 0.577. The molecule has 0 N–H and O–H groups in total. The highest BCUT2D eigenvalue weighted by Crippen LogP contribution is 2.15. The molecule has 0 saturated carbocycles. The molecule has 0 heterocycles. The Morgan fingerprint density at radius 1 is 1.56 bits per heavy atom. The van der Waals surface area contributed by atoms with Crippen molar-refractivity contribution in [3.8, 4) is 0 Å². The van der Waals surface area contributed by atoms with Crippen molar-refractivity contribution in [3.63, 3.8) is 0 Å². The maximum atomic E-state index is 11.9. The van der Waals surface area contributed by atoms with Crippen LogP contribution >= 0.6 is 0 Å². The van der Waals surface area contributed by atoms with Crippen molar-refractivity contribution in [2.45, 2.75) is 27.2 Å². The summed E-state index contributed by atoms with van der Waals surface area (Å²) in [7, 11) is 0. The van der Waals surface area contributed by atoms with Gasteiger partial charge in [-0.05, 0) is 5.92 Å². The van der Waals surface area contributed by atoms with Crippen molar-refractivity contribution in [1.29, 1.82) is 0 Å². The maximum absolute atomic E-state index is 11.9. The molecule has 0 spiro atoms. The molecule has 0 unspecified atom stereocenters. The fraction of sp³-hybridized carbons (Fsp3) is 0.857. The summed E-state index contributed by atoms with van der Waals surface area (Å²) < 4.78 is 11.9. The molecule has 9 heavy (non-hydrogen) atoms. The van der Waals surface area contributed by atoms with Gasteiger partial charge >= 0.3 is 6.04 Å². The predicted octanol–water partition coefficient (Wildman–Crippen LogP) is 2.16. The van der Waals surface area contributed by atoms with Crippen LogP contribution in [0.5, 0.6) is 0 Å². The summed E-state index contributed by atoms with van der Waals surface area (Å²) in [6.07, 6.45) is 0.858. The summed E-state index contributed by atoms with van der Waals surface area (Å²) in [5.74, 6) is -0.252. The van der Waals surface area contributed by atoms with Crippen LogP contribution in [-0.4, -0.2) is 6.04 Å². The number of rotatable bonds is 3. The van der Waals surface area contributed by atoms with E-state index in [9.17, 15) is 9.18 Å². The monoisotopic (exact) mass is 132 g/mol. The predicted molar refractivity (Wildman–Crippen MR) is 34.7 cm³/mol. The van der Waals surface area contributed by atoms with Crippen LogP contribution in [0.25, 0.3) is 0 Å². The second kappa shape index (κ2) is 3.59. The van der Waals surface area contributed by atoms with E-state index in [2.05, 4.69) is 0 Å². The second-order valence-corrected chi connectivity index (χ2v) is 2.48. The highest BCUT2D eigenvalue weighted by molar-refractivity contribution is 5.70. The standard InChI is InChI=1S/C7H13FO/c1-4-5(2)6(3)7(8)9/h5-6H,4H2,1-3H3/t5-,6-/m0/s1. The first-order valence-electron chi connectivity index (χ1n) is 3.29. The Bertz CT molecular complexity index is 101. The van der Waals surface area contributed by atoms with Crippen LogP contribution in [0.1, 0.15) is 27.2 Å². The van der Waals surface area contributed by atoms with E-state index in [0.29, 0.717) is 0 Å². The zero-order valence-corrected chi connectivity index (χ0v) is 6.15. The largest absolute Gasteiger partial charge is 0.304 e. The lowest BCUT2D eigenvalue weighted by molar-refractivity contribution is -0.134. The number of carbonyl (C=O) groups is 1. The molecule has 0 bridgehead atoms. The third kappa shape index (κ3) is 2.59. The van der Waals surface area contributed by atoms with Crippen LogP contribution in [0.15, 0.2) is 0 Å². The number of carbonyl (C=O) groups excluding carboxylic acids is 1. The topological polar surface area (TPSA) is 17.1 Å². The highest BCUT2D eigenvalue weighted by Gasteiger charge is 2.17. The summed E-state index contributed by atoms with van der Waals surface area (Å²) in [5.41, 5.74) is 0. The zero-order chi connectivity index (χ0) is 7.44. The van der Waals surface area contributed by atoms with Crippen LogP contribution in [0.2, 0.25) is 0 Å². The van der Waals surface area contributed by atoms with E-state index >= 15 is 0 Å². The van der Waals surface area contributed by atoms with Crippen molar-refractivity contribution in [1.82, 2.24) is 0 Å². The first-order valence-corrected chi connectivity index (χ1v) is 3.29. The Morgan fingerprint density at radius 2 is 2.00 bits per heavy atom. The van der Waals surface area contributed by atoms with Crippen molar-refractivity contribution < 1.29 is 9.18 Å². The summed E-state index contributed by atoms with van der Waals surface area (Å²) in [6, 6.07) is -1.19. The summed E-state index contributed by atoms with van der Waals surface area (Å²) >= 11 is 0. The molecule has 0 aliphatic heterocycles. The van der Waals surface area contributed by atoms with Gasteiger partial charge in [0, 0.05) is 5.92 Å². The van der Waals surface area contributed by atoms with Gasteiger partial charge < -0.3 is 0 Å². The van der Waals surface area contributed by atoms with Crippen molar-refractivity contribution >= 4 is 6.04 Å². The molecule has 0 saturated heterocycles. The normalized spacial score (nSPS) is 16.9. The number of hydrogen-bond acceptors (Lipinski definition) is 1. The van der Waals surface area contributed by atoms with Gasteiger partial charge in [-0.15, -0.1) is 0 Å². The minimum atomic E-state index is -1.19. The molecule has 0 aromatic heterocycles. The first-order chi connectivity index (χ1) is 4.09. The van der Waals surface area contributed by atoms with Crippen molar-refractivity contribution in [2.24, 2.45) is 11.8 Å². The Balaban J connectivity index is 3.72. The Morgan fingerprint density at radius 3 is 2.11 bits per heavy atom.